The van der Waals surface area contributed by atoms with E-state index in [4.69, 9.17) is 5.73 Å². The summed E-state index contributed by atoms with van der Waals surface area (Å²) in [6.07, 6.45) is 0. The van der Waals surface area contributed by atoms with Crippen LogP contribution in [0.15, 0.2) is 0 Å². The fourth-order valence-corrected chi connectivity index (χ4v) is 2.55. The molecule has 0 aliphatic rings. The molecular weight excluding hydrogens is 174 g/mol. The number of hydrogen-bond donors (Lipinski definition) is 1. The van der Waals surface area contributed by atoms with Crippen molar-refractivity contribution in [1.82, 2.24) is 0 Å². The molecule has 0 bridgehead atoms. The molecule has 0 rings (SSSR count). The molecule has 68 valence electrons. The molecule has 2 N–H and O–H groups in total. The van der Waals surface area contributed by atoms with E-state index in [-0.39, 0.29) is 0 Å². The second-order valence-electron chi connectivity index (χ2n) is 2.61. The van der Waals surface area contributed by atoms with E-state index in [1.807, 2.05) is 23.5 Å². The molecule has 0 radical (unpaired) electrons. The number of thioether (sulfide) groups is 2. The van der Waals surface area contributed by atoms with Crippen LogP contribution in [0.5, 0.6) is 0 Å². The Morgan fingerprint density at radius 1 is 1.27 bits per heavy atom. The van der Waals surface area contributed by atoms with Crippen LogP contribution in [0.1, 0.15) is 13.8 Å². The monoisotopic (exact) mass is 193 g/mol. The standard InChI is InChI=1S/C8H19NS2/c1-3-10-4-5-11-7-8(2)6-9/h8H,3-7,9H2,1-2H3. The molecule has 0 aliphatic carbocycles. The van der Waals surface area contributed by atoms with Crippen molar-refractivity contribution >= 4 is 23.5 Å². The zero-order valence-corrected chi connectivity index (χ0v) is 9.14. The summed E-state index contributed by atoms with van der Waals surface area (Å²) in [6.45, 7) is 5.24. The van der Waals surface area contributed by atoms with Crippen LogP contribution in [-0.2, 0) is 0 Å². The van der Waals surface area contributed by atoms with Gasteiger partial charge in [0.1, 0.15) is 0 Å². The van der Waals surface area contributed by atoms with Crippen molar-refractivity contribution in [3.63, 3.8) is 0 Å². The van der Waals surface area contributed by atoms with Crippen molar-refractivity contribution in [1.29, 1.82) is 0 Å². The molecule has 1 nitrogen and oxygen atoms in total. The molecule has 0 saturated carbocycles. The Bertz CT molecular complexity index is 78.5. The number of nitrogens with two attached hydrogens (primary N) is 1. The second-order valence-corrected chi connectivity index (χ2v) is 5.16. The lowest BCUT2D eigenvalue weighted by molar-refractivity contribution is 0.675. The van der Waals surface area contributed by atoms with Gasteiger partial charge in [0.25, 0.3) is 0 Å². The summed E-state index contributed by atoms with van der Waals surface area (Å²) in [7, 11) is 0. The smallest absolute Gasteiger partial charge is 0.00236 e. The minimum atomic E-state index is 0.687. The molecular formula is C8H19NS2. The molecule has 1 unspecified atom stereocenters. The van der Waals surface area contributed by atoms with E-state index in [0.717, 1.165) is 6.54 Å². The van der Waals surface area contributed by atoms with Gasteiger partial charge in [-0.3, -0.25) is 0 Å². The SMILES string of the molecule is CCSCCSCC(C)CN. The summed E-state index contributed by atoms with van der Waals surface area (Å²) < 4.78 is 0. The van der Waals surface area contributed by atoms with E-state index < -0.39 is 0 Å². The van der Waals surface area contributed by atoms with Crippen molar-refractivity contribution < 1.29 is 0 Å². The van der Waals surface area contributed by atoms with Crippen LogP contribution >= 0.6 is 23.5 Å². The van der Waals surface area contributed by atoms with Crippen molar-refractivity contribution in [2.24, 2.45) is 11.7 Å². The molecule has 0 amide bonds. The van der Waals surface area contributed by atoms with Crippen LogP contribution in [0.4, 0.5) is 0 Å². The highest BCUT2D eigenvalue weighted by molar-refractivity contribution is 8.02. The quantitative estimate of drug-likeness (QED) is 0.627. The summed E-state index contributed by atoms with van der Waals surface area (Å²) in [4.78, 5) is 0. The summed E-state index contributed by atoms with van der Waals surface area (Å²) in [6, 6.07) is 0. The third kappa shape index (κ3) is 8.57. The Hall–Kier alpha value is 0.660. The lowest BCUT2D eigenvalue weighted by Gasteiger charge is -2.06. The highest BCUT2D eigenvalue weighted by Gasteiger charge is 1.97. The Balaban J connectivity index is 2.89. The molecule has 0 aromatic rings. The van der Waals surface area contributed by atoms with E-state index in [1.165, 1.54) is 23.0 Å². The highest BCUT2D eigenvalue weighted by Crippen LogP contribution is 2.09. The molecule has 3 heteroatoms. The molecule has 0 fully saturated rings. The predicted molar refractivity (Wildman–Crippen MR) is 58.5 cm³/mol. The van der Waals surface area contributed by atoms with Crippen LogP contribution in [0.2, 0.25) is 0 Å². The first kappa shape index (κ1) is 11.7. The first-order valence-corrected chi connectivity index (χ1v) is 6.47. The molecule has 11 heavy (non-hydrogen) atoms. The van der Waals surface area contributed by atoms with Crippen molar-refractivity contribution in [3.8, 4) is 0 Å². The van der Waals surface area contributed by atoms with E-state index >= 15 is 0 Å². The van der Waals surface area contributed by atoms with Gasteiger partial charge in [0.15, 0.2) is 0 Å². The Kier molecular flexibility index (Phi) is 9.28. The van der Waals surface area contributed by atoms with Crippen LogP contribution in [0, 0.1) is 5.92 Å². The molecule has 0 spiro atoms. The summed E-state index contributed by atoms with van der Waals surface area (Å²) in [5.41, 5.74) is 5.49. The third-order valence-electron chi connectivity index (χ3n) is 1.38. The fraction of sp³-hybridized carbons (Fsp3) is 1.00. The Labute approximate surface area is 78.9 Å². The number of hydrogen-bond acceptors (Lipinski definition) is 3. The number of rotatable bonds is 7. The largest absolute Gasteiger partial charge is 0.330 e. The zero-order valence-electron chi connectivity index (χ0n) is 7.51. The Morgan fingerprint density at radius 2 is 1.91 bits per heavy atom. The lowest BCUT2D eigenvalue weighted by atomic mass is 10.2. The van der Waals surface area contributed by atoms with Crippen molar-refractivity contribution in [2.45, 2.75) is 13.8 Å². The second kappa shape index (κ2) is 8.75. The van der Waals surface area contributed by atoms with Crippen LogP contribution in [0.3, 0.4) is 0 Å². The zero-order chi connectivity index (χ0) is 8.53. The van der Waals surface area contributed by atoms with E-state index in [9.17, 15) is 0 Å². The fourth-order valence-electron chi connectivity index (χ4n) is 0.615. The molecule has 1 atom stereocenters. The molecule has 0 aromatic carbocycles. The van der Waals surface area contributed by atoms with E-state index in [0.29, 0.717) is 5.92 Å². The molecule has 0 aliphatic heterocycles. The topological polar surface area (TPSA) is 26.0 Å². The minimum absolute atomic E-state index is 0.687. The summed E-state index contributed by atoms with van der Waals surface area (Å²) in [5.74, 6) is 5.72. The molecule has 0 heterocycles. The third-order valence-corrected chi connectivity index (χ3v) is 3.84. The minimum Gasteiger partial charge on any atom is -0.330 e. The maximum atomic E-state index is 5.49. The first-order chi connectivity index (χ1) is 5.31. The van der Waals surface area contributed by atoms with Gasteiger partial charge in [-0.15, -0.1) is 0 Å². The van der Waals surface area contributed by atoms with Gasteiger partial charge in [0, 0.05) is 11.5 Å². The van der Waals surface area contributed by atoms with E-state index in [2.05, 4.69) is 13.8 Å². The Morgan fingerprint density at radius 3 is 2.45 bits per heavy atom. The van der Waals surface area contributed by atoms with Crippen LogP contribution < -0.4 is 5.73 Å². The molecule has 0 saturated heterocycles. The predicted octanol–water partition coefficient (Wildman–Crippen LogP) is 2.07. The maximum Gasteiger partial charge on any atom is 0.00236 e. The summed E-state index contributed by atoms with van der Waals surface area (Å²) in [5, 5.41) is 0. The maximum absolute atomic E-state index is 5.49. The van der Waals surface area contributed by atoms with Gasteiger partial charge in [-0.2, -0.15) is 23.5 Å². The van der Waals surface area contributed by atoms with Crippen LogP contribution in [0.25, 0.3) is 0 Å². The van der Waals surface area contributed by atoms with E-state index in [1.54, 1.807) is 0 Å². The van der Waals surface area contributed by atoms with Gasteiger partial charge in [-0.05, 0) is 24.0 Å². The normalized spacial score (nSPS) is 13.4. The van der Waals surface area contributed by atoms with Gasteiger partial charge >= 0.3 is 0 Å². The van der Waals surface area contributed by atoms with Gasteiger partial charge in [-0.25, -0.2) is 0 Å². The molecule has 0 aromatic heterocycles. The first-order valence-electron chi connectivity index (χ1n) is 4.16. The highest BCUT2D eigenvalue weighted by atomic mass is 32.2. The average Bonchev–Trinajstić information content (AvgIpc) is 2.04. The average molecular weight is 193 g/mol. The van der Waals surface area contributed by atoms with Gasteiger partial charge in [0.05, 0.1) is 0 Å². The van der Waals surface area contributed by atoms with Crippen molar-refractivity contribution in [3.05, 3.63) is 0 Å². The lowest BCUT2D eigenvalue weighted by Crippen LogP contribution is -2.13. The van der Waals surface area contributed by atoms with Crippen LogP contribution in [-0.4, -0.2) is 29.6 Å². The van der Waals surface area contributed by atoms with Crippen molar-refractivity contribution in [2.75, 3.05) is 29.6 Å². The van der Waals surface area contributed by atoms with Gasteiger partial charge in [0.2, 0.25) is 0 Å². The van der Waals surface area contributed by atoms with Gasteiger partial charge < -0.3 is 5.73 Å². The van der Waals surface area contributed by atoms with Gasteiger partial charge in [-0.1, -0.05) is 13.8 Å². The summed E-state index contributed by atoms with van der Waals surface area (Å²) >= 11 is 4.04.